The molecule has 17 heavy (non-hydrogen) atoms. The van der Waals surface area contributed by atoms with E-state index in [-0.39, 0.29) is 0 Å². The molecule has 0 aliphatic carbocycles. The highest BCUT2D eigenvalue weighted by Crippen LogP contribution is 2.18. The minimum absolute atomic E-state index is 0.300. The highest BCUT2D eigenvalue weighted by molar-refractivity contribution is 7.10. The second-order valence-corrected chi connectivity index (χ2v) is 5.32. The maximum absolute atomic E-state index is 10.7. The van der Waals surface area contributed by atoms with Crippen molar-refractivity contribution in [3.63, 3.8) is 0 Å². The van der Waals surface area contributed by atoms with Gasteiger partial charge >= 0.3 is 5.97 Å². The largest absolute Gasteiger partial charge is 0.478 e. The Kier molecular flexibility index (Phi) is 4.15. The van der Waals surface area contributed by atoms with Gasteiger partial charge in [-0.25, -0.2) is 4.79 Å². The van der Waals surface area contributed by atoms with Crippen LogP contribution in [0, 0.1) is 0 Å². The van der Waals surface area contributed by atoms with E-state index in [0.29, 0.717) is 24.3 Å². The van der Waals surface area contributed by atoms with E-state index in [1.54, 1.807) is 11.4 Å². The van der Waals surface area contributed by atoms with Gasteiger partial charge in [-0.15, -0.1) is 11.3 Å². The molecule has 2 heterocycles. The molecule has 1 aliphatic heterocycles. The van der Waals surface area contributed by atoms with Crippen LogP contribution in [0.3, 0.4) is 0 Å². The number of nitrogens with one attached hydrogen (secondary N) is 1. The topological polar surface area (TPSA) is 58.6 Å². The van der Waals surface area contributed by atoms with Gasteiger partial charge < -0.3 is 15.2 Å². The van der Waals surface area contributed by atoms with Gasteiger partial charge in [0.2, 0.25) is 0 Å². The molecular formula is C12H17NO3S. The summed E-state index contributed by atoms with van der Waals surface area (Å²) in [4.78, 5) is 11.8. The average Bonchev–Trinajstić information content (AvgIpc) is 2.97. The smallest absolute Gasteiger partial charge is 0.336 e. The SMILES string of the molecule is CC(NCc1cc(C(=O)O)cs1)C1CCCO1. The maximum atomic E-state index is 10.7. The summed E-state index contributed by atoms with van der Waals surface area (Å²) in [5.74, 6) is -0.861. The van der Waals surface area contributed by atoms with E-state index in [0.717, 1.165) is 24.3 Å². The monoisotopic (exact) mass is 255 g/mol. The van der Waals surface area contributed by atoms with Crippen molar-refractivity contribution < 1.29 is 14.6 Å². The van der Waals surface area contributed by atoms with Gasteiger partial charge in [-0.05, 0) is 25.8 Å². The molecule has 0 saturated carbocycles. The first kappa shape index (κ1) is 12.5. The summed E-state index contributed by atoms with van der Waals surface area (Å²) in [5.41, 5.74) is 0.372. The highest BCUT2D eigenvalue weighted by Gasteiger charge is 2.21. The Bertz CT molecular complexity index is 385. The van der Waals surface area contributed by atoms with E-state index in [2.05, 4.69) is 12.2 Å². The molecule has 2 atom stereocenters. The lowest BCUT2D eigenvalue weighted by Crippen LogP contribution is -2.36. The van der Waals surface area contributed by atoms with Crippen LogP contribution in [-0.2, 0) is 11.3 Å². The molecule has 1 aromatic rings. The molecule has 94 valence electrons. The van der Waals surface area contributed by atoms with Gasteiger partial charge in [0.05, 0.1) is 11.7 Å². The van der Waals surface area contributed by atoms with Crippen LogP contribution in [0.1, 0.15) is 35.0 Å². The summed E-state index contributed by atoms with van der Waals surface area (Å²) in [6.07, 6.45) is 2.55. The number of carbonyl (C=O) groups is 1. The van der Waals surface area contributed by atoms with Gasteiger partial charge in [0.1, 0.15) is 0 Å². The second-order valence-electron chi connectivity index (χ2n) is 4.33. The van der Waals surface area contributed by atoms with E-state index in [9.17, 15) is 4.79 Å². The van der Waals surface area contributed by atoms with Crippen LogP contribution in [0.5, 0.6) is 0 Å². The molecule has 0 bridgehead atoms. The predicted molar refractivity (Wildman–Crippen MR) is 66.6 cm³/mol. The Morgan fingerprint density at radius 3 is 3.18 bits per heavy atom. The van der Waals surface area contributed by atoms with Gasteiger partial charge in [0.15, 0.2) is 0 Å². The predicted octanol–water partition coefficient (Wildman–Crippen LogP) is 2.10. The number of carboxylic acids is 1. The molecule has 1 saturated heterocycles. The van der Waals surface area contributed by atoms with E-state index in [1.807, 2.05) is 0 Å². The lowest BCUT2D eigenvalue weighted by atomic mass is 10.1. The van der Waals surface area contributed by atoms with Gasteiger partial charge in [-0.1, -0.05) is 0 Å². The van der Waals surface area contributed by atoms with Gasteiger partial charge in [-0.2, -0.15) is 0 Å². The van der Waals surface area contributed by atoms with Crippen LogP contribution in [0.4, 0.5) is 0 Å². The van der Waals surface area contributed by atoms with Crippen LogP contribution >= 0.6 is 11.3 Å². The quantitative estimate of drug-likeness (QED) is 0.846. The summed E-state index contributed by atoms with van der Waals surface area (Å²) in [7, 11) is 0. The number of ether oxygens (including phenoxy) is 1. The molecule has 1 aliphatic rings. The molecule has 0 spiro atoms. The summed E-state index contributed by atoms with van der Waals surface area (Å²) in [6, 6.07) is 2.04. The van der Waals surface area contributed by atoms with Crippen molar-refractivity contribution in [3.05, 3.63) is 21.9 Å². The fourth-order valence-corrected chi connectivity index (χ4v) is 2.78. The molecule has 5 heteroatoms. The summed E-state index contributed by atoms with van der Waals surface area (Å²) in [5, 5.41) is 13.9. The van der Waals surface area contributed by atoms with Gasteiger partial charge in [0, 0.05) is 29.5 Å². The minimum Gasteiger partial charge on any atom is -0.478 e. The van der Waals surface area contributed by atoms with E-state index < -0.39 is 5.97 Å². The van der Waals surface area contributed by atoms with E-state index in [4.69, 9.17) is 9.84 Å². The van der Waals surface area contributed by atoms with Gasteiger partial charge in [-0.3, -0.25) is 0 Å². The van der Waals surface area contributed by atoms with Crippen LogP contribution in [0.15, 0.2) is 11.4 Å². The maximum Gasteiger partial charge on any atom is 0.336 e. The first-order chi connectivity index (χ1) is 8.16. The zero-order chi connectivity index (χ0) is 12.3. The molecule has 1 fully saturated rings. The highest BCUT2D eigenvalue weighted by atomic mass is 32.1. The van der Waals surface area contributed by atoms with Crippen molar-refractivity contribution in [1.29, 1.82) is 0 Å². The van der Waals surface area contributed by atoms with Crippen LogP contribution < -0.4 is 5.32 Å². The normalized spacial score (nSPS) is 21.6. The number of rotatable bonds is 5. The summed E-state index contributed by atoms with van der Waals surface area (Å²) >= 11 is 1.48. The molecule has 0 radical (unpaired) electrons. The standard InChI is InChI=1S/C12H17NO3S/c1-8(11-3-2-4-16-11)13-6-10-5-9(7-17-10)12(14)15/h5,7-8,11,13H,2-4,6H2,1H3,(H,14,15). The number of hydrogen-bond acceptors (Lipinski definition) is 4. The van der Waals surface area contributed by atoms with Crippen LogP contribution in [0.2, 0.25) is 0 Å². The van der Waals surface area contributed by atoms with Gasteiger partial charge in [0.25, 0.3) is 0 Å². The molecular weight excluding hydrogens is 238 g/mol. The van der Waals surface area contributed by atoms with E-state index in [1.165, 1.54) is 11.3 Å². The van der Waals surface area contributed by atoms with E-state index >= 15 is 0 Å². The second kappa shape index (κ2) is 5.62. The first-order valence-electron chi connectivity index (χ1n) is 5.82. The average molecular weight is 255 g/mol. The number of aromatic carboxylic acids is 1. The van der Waals surface area contributed by atoms with Crippen LogP contribution in [-0.4, -0.2) is 29.8 Å². The first-order valence-corrected chi connectivity index (χ1v) is 6.70. The number of thiophene rings is 1. The fourth-order valence-electron chi connectivity index (χ4n) is 1.98. The third-order valence-corrected chi connectivity index (χ3v) is 3.96. The molecule has 0 aromatic carbocycles. The lowest BCUT2D eigenvalue weighted by molar-refractivity contribution is 0.0697. The zero-order valence-corrected chi connectivity index (χ0v) is 10.6. The number of carboxylic acid groups (broad SMARTS) is 1. The van der Waals surface area contributed by atoms with Crippen molar-refractivity contribution in [2.24, 2.45) is 0 Å². The Labute approximate surface area is 105 Å². The van der Waals surface area contributed by atoms with Crippen molar-refractivity contribution in [2.45, 2.75) is 38.5 Å². The minimum atomic E-state index is -0.861. The molecule has 4 nitrogen and oxygen atoms in total. The summed E-state index contributed by atoms with van der Waals surface area (Å²) in [6.45, 7) is 3.68. The van der Waals surface area contributed by atoms with Crippen molar-refractivity contribution >= 4 is 17.3 Å². The molecule has 2 N–H and O–H groups in total. The third kappa shape index (κ3) is 3.28. The number of hydrogen-bond donors (Lipinski definition) is 2. The van der Waals surface area contributed by atoms with Crippen LogP contribution in [0.25, 0.3) is 0 Å². The molecule has 2 unspecified atom stereocenters. The Hall–Kier alpha value is -0.910. The molecule has 0 amide bonds. The van der Waals surface area contributed by atoms with Crippen molar-refractivity contribution in [2.75, 3.05) is 6.61 Å². The van der Waals surface area contributed by atoms with Crippen molar-refractivity contribution in [3.8, 4) is 0 Å². The Balaban J connectivity index is 1.82. The lowest BCUT2D eigenvalue weighted by Gasteiger charge is -2.19. The fraction of sp³-hybridized carbons (Fsp3) is 0.583. The Morgan fingerprint density at radius 1 is 1.76 bits per heavy atom. The van der Waals surface area contributed by atoms with Crippen molar-refractivity contribution in [1.82, 2.24) is 5.32 Å². The Morgan fingerprint density at radius 2 is 2.59 bits per heavy atom. The molecule has 1 aromatic heterocycles. The summed E-state index contributed by atoms with van der Waals surface area (Å²) < 4.78 is 5.59. The zero-order valence-electron chi connectivity index (χ0n) is 9.81. The molecule has 2 rings (SSSR count). The third-order valence-electron chi connectivity index (χ3n) is 3.02.